The molecule has 1 amide bonds. The average molecular weight is 242 g/mol. The number of rotatable bonds is 7. The Morgan fingerprint density at radius 1 is 1.35 bits per heavy atom. The van der Waals surface area contributed by atoms with Gasteiger partial charge in [-0.3, -0.25) is 10.2 Å². The van der Waals surface area contributed by atoms with Gasteiger partial charge in [0.05, 0.1) is 6.10 Å². The Hall–Kier alpha value is -0.610. The largest absolute Gasteiger partial charge is 0.378 e. The van der Waals surface area contributed by atoms with Crippen LogP contribution in [-0.4, -0.2) is 18.6 Å². The highest BCUT2D eigenvalue weighted by molar-refractivity contribution is 5.74. The molecule has 17 heavy (non-hydrogen) atoms. The van der Waals surface area contributed by atoms with Gasteiger partial charge in [0.1, 0.15) is 0 Å². The van der Waals surface area contributed by atoms with Gasteiger partial charge >= 0.3 is 0 Å². The molecular formula is C13H26N2O2. The number of carbonyl (C=O) groups is 1. The molecule has 2 unspecified atom stereocenters. The van der Waals surface area contributed by atoms with Crippen LogP contribution in [0.1, 0.15) is 58.3 Å². The van der Waals surface area contributed by atoms with E-state index in [0.29, 0.717) is 12.5 Å². The molecule has 2 atom stereocenters. The molecule has 0 spiro atoms. The number of nitrogens with one attached hydrogen (secondary N) is 1. The van der Waals surface area contributed by atoms with Crippen molar-refractivity contribution in [3.8, 4) is 0 Å². The number of hydrogen-bond donors (Lipinski definition) is 2. The first-order chi connectivity index (χ1) is 8.22. The van der Waals surface area contributed by atoms with Crippen LogP contribution in [0.5, 0.6) is 0 Å². The van der Waals surface area contributed by atoms with Crippen molar-refractivity contribution < 1.29 is 9.53 Å². The second-order valence-corrected chi connectivity index (χ2v) is 5.14. The molecule has 0 radical (unpaired) electrons. The maximum absolute atomic E-state index is 10.9. The summed E-state index contributed by atoms with van der Waals surface area (Å²) in [4.78, 5) is 10.9. The van der Waals surface area contributed by atoms with Gasteiger partial charge in [0.2, 0.25) is 5.91 Å². The van der Waals surface area contributed by atoms with Crippen LogP contribution >= 0.6 is 0 Å². The molecule has 1 aliphatic carbocycles. The summed E-state index contributed by atoms with van der Waals surface area (Å²) in [6.45, 7) is 3.14. The van der Waals surface area contributed by atoms with E-state index in [1.165, 1.54) is 25.7 Å². The first kappa shape index (κ1) is 14.5. The Morgan fingerprint density at radius 2 is 2.18 bits per heavy atom. The van der Waals surface area contributed by atoms with Gasteiger partial charge < -0.3 is 4.74 Å². The molecular weight excluding hydrogens is 216 g/mol. The number of carbonyl (C=O) groups excluding carboxylic acids is 1. The summed E-state index contributed by atoms with van der Waals surface area (Å²) < 4.78 is 5.86. The summed E-state index contributed by atoms with van der Waals surface area (Å²) in [5, 5.41) is 0. The number of ether oxygens (including phenoxy) is 1. The molecule has 1 fully saturated rings. The van der Waals surface area contributed by atoms with Gasteiger partial charge in [-0.2, -0.15) is 0 Å². The van der Waals surface area contributed by atoms with E-state index in [-0.39, 0.29) is 5.91 Å². The summed E-state index contributed by atoms with van der Waals surface area (Å²) in [5.74, 6) is 5.74. The van der Waals surface area contributed by atoms with E-state index < -0.39 is 0 Å². The highest BCUT2D eigenvalue weighted by Crippen LogP contribution is 2.25. The normalized spacial score (nSPS) is 24.6. The minimum absolute atomic E-state index is 0.0768. The fourth-order valence-corrected chi connectivity index (χ4v) is 2.42. The van der Waals surface area contributed by atoms with E-state index in [1.54, 1.807) is 0 Å². The number of unbranched alkanes of at least 4 members (excludes halogenated alkanes) is 2. The first-order valence-corrected chi connectivity index (χ1v) is 6.83. The third-order valence-corrected chi connectivity index (χ3v) is 3.45. The Kier molecular flexibility index (Phi) is 7.21. The van der Waals surface area contributed by atoms with Gasteiger partial charge in [-0.25, -0.2) is 5.84 Å². The molecule has 0 aromatic heterocycles. The van der Waals surface area contributed by atoms with Crippen LogP contribution in [0, 0.1) is 5.92 Å². The molecule has 0 saturated heterocycles. The van der Waals surface area contributed by atoms with E-state index >= 15 is 0 Å². The second-order valence-electron chi connectivity index (χ2n) is 5.14. The van der Waals surface area contributed by atoms with Gasteiger partial charge in [-0.15, -0.1) is 0 Å². The topological polar surface area (TPSA) is 64.3 Å². The molecule has 0 bridgehead atoms. The van der Waals surface area contributed by atoms with Crippen molar-refractivity contribution in [1.82, 2.24) is 5.43 Å². The molecule has 1 aliphatic rings. The molecule has 1 rings (SSSR count). The van der Waals surface area contributed by atoms with Crippen molar-refractivity contribution >= 4 is 5.91 Å². The maximum Gasteiger partial charge on any atom is 0.233 e. The Bertz CT molecular complexity index is 221. The van der Waals surface area contributed by atoms with Crippen molar-refractivity contribution in [2.75, 3.05) is 6.61 Å². The lowest BCUT2D eigenvalue weighted by molar-refractivity contribution is -0.121. The molecule has 0 aliphatic heterocycles. The summed E-state index contributed by atoms with van der Waals surface area (Å²) in [5.41, 5.74) is 2.14. The van der Waals surface area contributed by atoms with Crippen LogP contribution in [0.25, 0.3) is 0 Å². The van der Waals surface area contributed by atoms with Crippen LogP contribution in [0.2, 0.25) is 0 Å². The van der Waals surface area contributed by atoms with Gasteiger partial charge in [0.25, 0.3) is 0 Å². The predicted molar refractivity (Wildman–Crippen MR) is 68.2 cm³/mol. The van der Waals surface area contributed by atoms with Crippen molar-refractivity contribution in [1.29, 1.82) is 0 Å². The third-order valence-electron chi connectivity index (χ3n) is 3.45. The van der Waals surface area contributed by atoms with Crippen molar-refractivity contribution in [3.05, 3.63) is 0 Å². The number of hydrazine groups is 1. The van der Waals surface area contributed by atoms with E-state index in [2.05, 4.69) is 12.3 Å². The second kappa shape index (κ2) is 8.48. The van der Waals surface area contributed by atoms with E-state index in [4.69, 9.17) is 10.6 Å². The monoisotopic (exact) mass is 242 g/mol. The van der Waals surface area contributed by atoms with Gasteiger partial charge in [-0.1, -0.05) is 26.2 Å². The minimum atomic E-state index is -0.0768. The molecule has 4 nitrogen and oxygen atoms in total. The fourth-order valence-electron chi connectivity index (χ4n) is 2.42. The van der Waals surface area contributed by atoms with Crippen LogP contribution in [0.15, 0.2) is 0 Å². The van der Waals surface area contributed by atoms with Gasteiger partial charge in [0, 0.05) is 13.0 Å². The van der Waals surface area contributed by atoms with Crippen LogP contribution in [0.3, 0.4) is 0 Å². The smallest absolute Gasteiger partial charge is 0.233 e. The lowest BCUT2D eigenvalue weighted by atomic mass is 9.89. The van der Waals surface area contributed by atoms with E-state index in [0.717, 1.165) is 31.8 Å². The quantitative estimate of drug-likeness (QED) is 0.311. The van der Waals surface area contributed by atoms with E-state index in [9.17, 15) is 4.79 Å². The van der Waals surface area contributed by atoms with Crippen LogP contribution in [-0.2, 0) is 9.53 Å². The summed E-state index contributed by atoms with van der Waals surface area (Å²) in [6.07, 6.45) is 9.08. The lowest BCUT2D eigenvalue weighted by Crippen LogP contribution is -2.29. The highest BCUT2D eigenvalue weighted by Gasteiger charge is 2.18. The van der Waals surface area contributed by atoms with Crippen molar-refractivity contribution in [2.24, 2.45) is 11.8 Å². The maximum atomic E-state index is 10.9. The van der Waals surface area contributed by atoms with Crippen LogP contribution in [0.4, 0.5) is 0 Å². The Labute approximate surface area is 104 Å². The lowest BCUT2D eigenvalue weighted by Gasteiger charge is -2.26. The standard InChI is InChI=1S/C13H26N2O2/c1-11-6-5-7-12(10-11)17-9-4-2-3-8-13(16)15-14/h11-12H,2-10,14H2,1H3,(H,15,16). The SMILES string of the molecule is CC1CCCC(OCCCCCC(=O)NN)C1. The van der Waals surface area contributed by atoms with Gasteiger partial charge in [-0.05, 0) is 31.6 Å². The van der Waals surface area contributed by atoms with Crippen molar-refractivity contribution in [3.63, 3.8) is 0 Å². The Balaban J connectivity index is 1.91. The zero-order chi connectivity index (χ0) is 12.5. The number of nitrogens with two attached hydrogens (primary N) is 1. The van der Waals surface area contributed by atoms with Crippen molar-refractivity contribution in [2.45, 2.75) is 64.4 Å². The van der Waals surface area contributed by atoms with E-state index in [1.807, 2.05) is 0 Å². The molecule has 0 aromatic carbocycles. The predicted octanol–water partition coefficient (Wildman–Crippen LogP) is 2.13. The Morgan fingerprint density at radius 3 is 2.88 bits per heavy atom. The van der Waals surface area contributed by atoms with Crippen LogP contribution < -0.4 is 11.3 Å². The molecule has 0 heterocycles. The third kappa shape index (κ3) is 6.64. The summed E-state index contributed by atoms with van der Waals surface area (Å²) in [7, 11) is 0. The molecule has 1 saturated carbocycles. The summed E-state index contributed by atoms with van der Waals surface area (Å²) >= 11 is 0. The number of amides is 1. The first-order valence-electron chi connectivity index (χ1n) is 6.83. The highest BCUT2D eigenvalue weighted by atomic mass is 16.5. The zero-order valence-corrected chi connectivity index (χ0v) is 10.9. The molecule has 4 heteroatoms. The minimum Gasteiger partial charge on any atom is -0.378 e. The molecule has 100 valence electrons. The number of hydrogen-bond acceptors (Lipinski definition) is 3. The molecule has 3 N–H and O–H groups in total. The average Bonchev–Trinajstić information content (AvgIpc) is 2.33. The zero-order valence-electron chi connectivity index (χ0n) is 10.9. The summed E-state index contributed by atoms with van der Waals surface area (Å²) in [6, 6.07) is 0. The molecule has 0 aromatic rings. The van der Waals surface area contributed by atoms with Gasteiger partial charge in [0.15, 0.2) is 0 Å². The fraction of sp³-hybridized carbons (Fsp3) is 0.923.